The number of aliphatic carboxylic acids is 1. The van der Waals surface area contributed by atoms with Gasteiger partial charge in [-0.1, -0.05) is 24.6 Å². The van der Waals surface area contributed by atoms with Gasteiger partial charge in [-0.2, -0.15) is 0 Å². The van der Waals surface area contributed by atoms with Crippen LogP contribution >= 0.6 is 11.6 Å². The van der Waals surface area contributed by atoms with Crippen molar-refractivity contribution >= 4 is 17.6 Å². The number of methoxy groups -OCH3 is 1. The van der Waals surface area contributed by atoms with Gasteiger partial charge in [-0.05, 0) is 24.5 Å². The van der Waals surface area contributed by atoms with Gasteiger partial charge in [0.2, 0.25) is 0 Å². The summed E-state index contributed by atoms with van der Waals surface area (Å²) < 4.78 is 5.28. The predicted molar refractivity (Wildman–Crippen MR) is 63.4 cm³/mol. The zero-order chi connectivity index (χ0) is 12.3. The molecular formula is C12H15ClO3. The summed E-state index contributed by atoms with van der Waals surface area (Å²) in [7, 11) is 1.57. The highest BCUT2D eigenvalue weighted by Gasteiger charge is 2.19. The lowest BCUT2D eigenvalue weighted by atomic mass is 9.95. The van der Waals surface area contributed by atoms with Crippen LogP contribution in [0.1, 0.15) is 30.4 Å². The molecule has 1 rings (SSSR count). The molecule has 0 aromatic heterocycles. The number of aryl methyl sites for hydroxylation is 1. The van der Waals surface area contributed by atoms with Crippen LogP contribution in [-0.2, 0) is 4.79 Å². The summed E-state index contributed by atoms with van der Waals surface area (Å²) in [5, 5.41) is 9.34. The third-order valence-corrected chi connectivity index (χ3v) is 2.85. The number of benzene rings is 1. The lowest BCUT2D eigenvalue weighted by molar-refractivity contribution is -0.137. The Hall–Kier alpha value is -1.22. The molecule has 0 fully saturated rings. The Morgan fingerprint density at radius 1 is 1.56 bits per heavy atom. The van der Waals surface area contributed by atoms with Crippen LogP contribution in [0.25, 0.3) is 0 Å². The van der Waals surface area contributed by atoms with Crippen LogP contribution < -0.4 is 4.74 Å². The normalized spacial score (nSPS) is 12.2. The second kappa shape index (κ2) is 5.21. The average Bonchev–Trinajstić information content (AvgIpc) is 2.19. The van der Waals surface area contributed by atoms with Gasteiger partial charge >= 0.3 is 5.97 Å². The summed E-state index contributed by atoms with van der Waals surface area (Å²) in [5.41, 5.74) is 1.73. The van der Waals surface area contributed by atoms with Gasteiger partial charge in [0.05, 0.1) is 13.5 Å². The lowest BCUT2D eigenvalue weighted by Gasteiger charge is -2.17. The molecule has 0 bridgehead atoms. The molecule has 88 valence electrons. The molecule has 0 radical (unpaired) electrons. The largest absolute Gasteiger partial charge is 0.496 e. The van der Waals surface area contributed by atoms with E-state index >= 15 is 0 Å². The van der Waals surface area contributed by atoms with Gasteiger partial charge in [0.15, 0.2) is 0 Å². The van der Waals surface area contributed by atoms with Gasteiger partial charge in [0, 0.05) is 10.6 Å². The summed E-state index contributed by atoms with van der Waals surface area (Å²) >= 11 is 6.09. The molecule has 1 unspecified atom stereocenters. The Balaban J connectivity index is 3.19. The molecule has 0 saturated heterocycles. The van der Waals surface area contributed by atoms with E-state index in [2.05, 4.69) is 0 Å². The Morgan fingerprint density at radius 2 is 2.19 bits per heavy atom. The number of halogens is 1. The zero-order valence-corrected chi connectivity index (χ0v) is 10.3. The fourth-order valence-electron chi connectivity index (χ4n) is 1.78. The molecule has 1 atom stereocenters. The van der Waals surface area contributed by atoms with E-state index in [4.69, 9.17) is 21.4 Å². The van der Waals surface area contributed by atoms with Crippen LogP contribution in [-0.4, -0.2) is 18.2 Å². The molecule has 0 aliphatic heterocycles. The van der Waals surface area contributed by atoms with E-state index < -0.39 is 5.97 Å². The van der Waals surface area contributed by atoms with Crippen LogP contribution in [0.5, 0.6) is 5.75 Å². The standard InChI is InChI=1S/C12H15ClO3/c1-7-4-5-9(13)11(12(7)16-3)8(2)6-10(14)15/h4-5,8H,6H2,1-3H3,(H,14,15). The molecule has 1 aromatic carbocycles. The molecule has 0 aliphatic rings. The SMILES string of the molecule is COc1c(C)ccc(Cl)c1C(C)CC(=O)O. The summed E-state index contributed by atoms with van der Waals surface area (Å²) in [6.07, 6.45) is 0.0412. The first-order chi connectivity index (χ1) is 7.47. The second-order valence-electron chi connectivity index (χ2n) is 3.81. The predicted octanol–water partition coefficient (Wildman–Crippen LogP) is 3.24. The Kier molecular flexibility index (Phi) is 4.19. The minimum absolute atomic E-state index is 0.0412. The van der Waals surface area contributed by atoms with Crippen molar-refractivity contribution in [2.75, 3.05) is 7.11 Å². The van der Waals surface area contributed by atoms with E-state index in [0.717, 1.165) is 11.1 Å². The summed E-state index contributed by atoms with van der Waals surface area (Å²) in [6.45, 7) is 3.74. The van der Waals surface area contributed by atoms with E-state index in [1.807, 2.05) is 19.9 Å². The Labute approximate surface area is 100.0 Å². The molecule has 3 nitrogen and oxygen atoms in total. The molecular weight excluding hydrogens is 228 g/mol. The molecule has 0 spiro atoms. The average molecular weight is 243 g/mol. The minimum Gasteiger partial charge on any atom is -0.496 e. The number of ether oxygens (including phenoxy) is 1. The zero-order valence-electron chi connectivity index (χ0n) is 9.58. The number of hydrogen-bond donors (Lipinski definition) is 1. The molecule has 0 aliphatic carbocycles. The van der Waals surface area contributed by atoms with Crippen molar-refractivity contribution in [1.82, 2.24) is 0 Å². The minimum atomic E-state index is -0.841. The van der Waals surface area contributed by atoms with Gasteiger partial charge in [0.1, 0.15) is 5.75 Å². The van der Waals surface area contributed by atoms with E-state index in [-0.39, 0.29) is 12.3 Å². The van der Waals surface area contributed by atoms with Crippen LogP contribution in [0, 0.1) is 6.92 Å². The summed E-state index contributed by atoms with van der Waals surface area (Å²) in [4.78, 5) is 10.7. The molecule has 4 heteroatoms. The van der Waals surface area contributed by atoms with Crippen LogP contribution in [0.2, 0.25) is 5.02 Å². The quantitative estimate of drug-likeness (QED) is 0.882. The van der Waals surface area contributed by atoms with Crippen molar-refractivity contribution in [1.29, 1.82) is 0 Å². The number of carboxylic acid groups (broad SMARTS) is 1. The first-order valence-corrected chi connectivity index (χ1v) is 5.40. The van der Waals surface area contributed by atoms with Crippen LogP contribution in [0.15, 0.2) is 12.1 Å². The molecule has 1 N–H and O–H groups in total. The molecule has 0 amide bonds. The Bertz CT molecular complexity index is 401. The lowest BCUT2D eigenvalue weighted by Crippen LogP contribution is -2.06. The van der Waals surface area contributed by atoms with E-state index in [0.29, 0.717) is 10.8 Å². The van der Waals surface area contributed by atoms with Gasteiger partial charge < -0.3 is 9.84 Å². The topological polar surface area (TPSA) is 46.5 Å². The number of carboxylic acids is 1. The monoisotopic (exact) mass is 242 g/mol. The van der Waals surface area contributed by atoms with Gasteiger partial charge in [-0.3, -0.25) is 4.79 Å². The first kappa shape index (κ1) is 12.8. The summed E-state index contributed by atoms with van der Waals surface area (Å²) in [6, 6.07) is 3.63. The maximum absolute atomic E-state index is 10.7. The van der Waals surface area contributed by atoms with Crippen molar-refractivity contribution < 1.29 is 14.6 Å². The van der Waals surface area contributed by atoms with Gasteiger partial charge in [-0.25, -0.2) is 0 Å². The molecule has 16 heavy (non-hydrogen) atoms. The maximum atomic E-state index is 10.7. The van der Waals surface area contributed by atoms with E-state index in [1.165, 1.54) is 0 Å². The third-order valence-electron chi connectivity index (χ3n) is 2.52. The van der Waals surface area contributed by atoms with E-state index in [9.17, 15) is 4.79 Å². The van der Waals surface area contributed by atoms with Gasteiger partial charge in [-0.15, -0.1) is 0 Å². The van der Waals surface area contributed by atoms with Crippen molar-refractivity contribution in [3.63, 3.8) is 0 Å². The fraction of sp³-hybridized carbons (Fsp3) is 0.417. The smallest absolute Gasteiger partial charge is 0.303 e. The van der Waals surface area contributed by atoms with Crippen molar-refractivity contribution in [3.8, 4) is 5.75 Å². The first-order valence-electron chi connectivity index (χ1n) is 5.02. The molecule has 1 aromatic rings. The number of hydrogen-bond acceptors (Lipinski definition) is 2. The van der Waals surface area contributed by atoms with Gasteiger partial charge in [0.25, 0.3) is 0 Å². The van der Waals surface area contributed by atoms with Crippen LogP contribution in [0.4, 0.5) is 0 Å². The number of carbonyl (C=O) groups is 1. The van der Waals surface area contributed by atoms with E-state index in [1.54, 1.807) is 13.2 Å². The maximum Gasteiger partial charge on any atom is 0.303 e. The van der Waals surface area contributed by atoms with Crippen molar-refractivity contribution in [2.24, 2.45) is 0 Å². The summed E-state index contributed by atoms with van der Waals surface area (Å²) in [5.74, 6) is -0.326. The Morgan fingerprint density at radius 3 is 2.69 bits per heavy atom. The highest BCUT2D eigenvalue weighted by Crippen LogP contribution is 2.37. The highest BCUT2D eigenvalue weighted by molar-refractivity contribution is 6.31. The van der Waals surface area contributed by atoms with Crippen molar-refractivity contribution in [2.45, 2.75) is 26.2 Å². The highest BCUT2D eigenvalue weighted by atomic mass is 35.5. The third kappa shape index (κ3) is 2.67. The second-order valence-corrected chi connectivity index (χ2v) is 4.22. The molecule has 0 saturated carbocycles. The number of rotatable bonds is 4. The molecule has 0 heterocycles. The van der Waals surface area contributed by atoms with Crippen LogP contribution in [0.3, 0.4) is 0 Å². The fourth-order valence-corrected chi connectivity index (χ4v) is 2.11. The van der Waals surface area contributed by atoms with Crippen molar-refractivity contribution in [3.05, 3.63) is 28.3 Å².